The third-order valence-corrected chi connectivity index (χ3v) is 3.79. The molecular formula is C14H21ClN2O. The lowest BCUT2D eigenvalue weighted by molar-refractivity contribution is 0.122. The number of nitrogens with zero attached hydrogens (tertiary/aromatic N) is 1. The van der Waals surface area contributed by atoms with Crippen LogP contribution >= 0.6 is 11.6 Å². The van der Waals surface area contributed by atoms with Gasteiger partial charge in [-0.15, -0.1) is 0 Å². The van der Waals surface area contributed by atoms with Crippen molar-refractivity contribution in [2.75, 3.05) is 31.2 Å². The molecular weight excluding hydrogens is 248 g/mol. The van der Waals surface area contributed by atoms with Gasteiger partial charge in [0.2, 0.25) is 0 Å². The lowest BCUT2D eigenvalue weighted by Gasteiger charge is -2.31. The monoisotopic (exact) mass is 268 g/mol. The molecule has 100 valence electrons. The minimum atomic E-state index is 0.171. The zero-order valence-electron chi connectivity index (χ0n) is 10.9. The smallest absolute Gasteiger partial charge is 0.0642 e. The van der Waals surface area contributed by atoms with Crippen LogP contribution in [0, 0.1) is 0 Å². The fourth-order valence-electron chi connectivity index (χ4n) is 2.26. The topological polar surface area (TPSA) is 38.5 Å². The van der Waals surface area contributed by atoms with Crippen LogP contribution in [0.15, 0.2) is 18.2 Å². The number of hydrogen-bond acceptors (Lipinski definition) is 3. The molecule has 1 aromatic rings. The molecule has 1 atom stereocenters. The molecule has 0 aliphatic carbocycles. The van der Waals surface area contributed by atoms with E-state index in [9.17, 15) is 0 Å². The average molecular weight is 269 g/mol. The van der Waals surface area contributed by atoms with Gasteiger partial charge in [0.1, 0.15) is 0 Å². The molecule has 1 aliphatic rings. The van der Waals surface area contributed by atoms with Gasteiger partial charge in [-0.2, -0.15) is 0 Å². The van der Waals surface area contributed by atoms with Gasteiger partial charge in [0, 0.05) is 29.8 Å². The standard InChI is InChI=1S/C14H21ClN2O/c1-2-11(16)10-12-13(15)4-3-5-14(12)17-6-8-18-9-7-17/h3-5,11H,2,6-10,16H2,1H3. The molecule has 3 nitrogen and oxygen atoms in total. The van der Waals surface area contributed by atoms with E-state index in [0.29, 0.717) is 0 Å². The summed E-state index contributed by atoms with van der Waals surface area (Å²) in [5.41, 5.74) is 8.46. The van der Waals surface area contributed by atoms with Gasteiger partial charge in [-0.3, -0.25) is 0 Å². The highest BCUT2D eigenvalue weighted by atomic mass is 35.5. The van der Waals surface area contributed by atoms with E-state index in [2.05, 4.69) is 17.9 Å². The highest BCUT2D eigenvalue weighted by Crippen LogP contribution is 2.29. The predicted octanol–water partition coefficient (Wildman–Crippen LogP) is 2.46. The Labute approximate surface area is 114 Å². The Hall–Kier alpha value is -0.770. The first-order chi connectivity index (χ1) is 8.72. The highest BCUT2D eigenvalue weighted by molar-refractivity contribution is 6.31. The molecule has 0 aromatic heterocycles. The molecule has 18 heavy (non-hydrogen) atoms. The molecule has 0 bridgehead atoms. The highest BCUT2D eigenvalue weighted by Gasteiger charge is 2.17. The normalized spacial score (nSPS) is 17.8. The Balaban J connectivity index is 2.24. The van der Waals surface area contributed by atoms with Gasteiger partial charge in [0.05, 0.1) is 13.2 Å². The van der Waals surface area contributed by atoms with E-state index in [4.69, 9.17) is 22.1 Å². The Bertz CT molecular complexity index is 391. The molecule has 1 aliphatic heterocycles. The van der Waals surface area contributed by atoms with Crippen LogP contribution in [0.3, 0.4) is 0 Å². The SMILES string of the molecule is CCC(N)Cc1c(Cl)cccc1N1CCOCC1. The number of hydrogen-bond donors (Lipinski definition) is 1. The van der Waals surface area contributed by atoms with E-state index < -0.39 is 0 Å². The fourth-order valence-corrected chi connectivity index (χ4v) is 2.50. The predicted molar refractivity (Wildman–Crippen MR) is 76.5 cm³/mol. The summed E-state index contributed by atoms with van der Waals surface area (Å²) in [6.07, 6.45) is 1.80. The second-order valence-corrected chi connectivity index (χ2v) is 5.12. The van der Waals surface area contributed by atoms with Crippen molar-refractivity contribution in [2.24, 2.45) is 5.73 Å². The van der Waals surface area contributed by atoms with Crippen molar-refractivity contribution in [1.82, 2.24) is 0 Å². The Morgan fingerprint density at radius 1 is 1.39 bits per heavy atom. The third-order valence-electron chi connectivity index (χ3n) is 3.44. The van der Waals surface area contributed by atoms with E-state index in [1.54, 1.807) is 0 Å². The number of morpholine rings is 1. The molecule has 0 saturated carbocycles. The number of rotatable bonds is 4. The van der Waals surface area contributed by atoms with Gasteiger partial charge >= 0.3 is 0 Å². The molecule has 0 amide bonds. The van der Waals surface area contributed by atoms with Gasteiger partial charge in [-0.25, -0.2) is 0 Å². The Kier molecular flexibility index (Phi) is 4.87. The van der Waals surface area contributed by atoms with Crippen LogP contribution in [0.1, 0.15) is 18.9 Å². The summed E-state index contributed by atoms with van der Waals surface area (Å²) in [6, 6.07) is 6.26. The summed E-state index contributed by atoms with van der Waals surface area (Å²) in [4.78, 5) is 2.34. The van der Waals surface area contributed by atoms with Crippen molar-refractivity contribution in [3.63, 3.8) is 0 Å². The zero-order valence-corrected chi connectivity index (χ0v) is 11.6. The minimum absolute atomic E-state index is 0.171. The van der Waals surface area contributed by atoms with E-state index in [0.717, 1.165) is 44.2 Å². The van der Waals surface area contributed by atoms with Crippen LogP contribution in [0.4, 0.5) is 5.69 Å². The molecule has 1 saturated heterocycles. The molecule has 1 aromatic carbocycles. The Morgan fingerprint density at radius 2 is 2.11 bits per heavy atom. The molecule has 1 fully saturated rings. The van der Waals surface area contributed by atoms with Crippen molar-refractivity contribution in [3.05, 3.63) is 28.8 Å². The van der Waals surface area contributed by atoms with Crippen LogP contribution < -0.4 is 10.6 Å². The maximum absolute atomic E-state index is 6.34. The number of anilines is 1. The third kappa shape index (κ3) is 3.16. The van der Waals surface area contributed by atoms with Crippen molar-refractivity contribution >= 4 is 17.3 Å². The first kappa shape index (κ1) is 13.7. The van der Waals surface area contributed by atoms with Crippen LogP contribution in [-0.2, 0) is 11.2 Å². The van der Waals surface area contributed by atoms with Gasteiger partial charge in [-0.1, -0.05) is 24.6 Å². The van der Waals surface area contributed by atoms with Crippen molar-refractivity contribution < 1.29 is 4.74 Å². The first-order valence-corrected chi connectivity index (χ1v) is 6.95. The molecule has 0 spiro atoms. The largest absolute Gasteiger partial charge is 0.378 e. The summed E-state index contributed by atoms with van der Waals surface area (Å²) in [5.74, 6) is 0. The average Bonchev–Trinajstić information content (AvgIpc) is 2.42. The number of nitrogens with two attached hydrogens (primary N) is 1. The van der Waals surface area contributed by atoms with Crippen molar-refractivity contribution in [2.45, 2.75) is 25.8 Å². The molecule has 1 heterocycles. The minimum Gasteiger partial charge on any atom is -0.378 e. The van der Waals surface area contributed by atoms with Crippen LogP contribution in [0.25, 0.3) is 0 Å². The van der Waals surface area contributed by atoms with Crippen LogP contribution in [0.5, 0.6) is 0 Å². The summed E-state index contributed by atoms with van der Waals surface area (Å²) < 4.78 is 5.39. The second kappa shape index (κ2) is 6.41. The number of benzene rings is 1. The number of halogens is 1. The maximum atomic E-state index is 6.34. The van der Waals surface area contributed by atoms with Crippen molar-refractivity contribution in [3.8, 4) is 0 Å². The Morgan fingerprint density at radius 3 is 2.78 bits per heavy atom. The number of ether oxygens (including phenoxy) is 1. The molecule has 1 unspecified atom stereocenters. The van der Waals surface area contributed by atoms with E-state index in [1.165, 1.54) is 11.3 Å². The molecule has 2 N–H and O–H groups in total. The quantitative estimate of drug-likeness (QED) is 0.912. The summed E-state index contributed by atoms with van der Waals surface area (Å²) in [5, 5.41) is 0.822. The first-order valence-electron chi connectivity index (χ1n) is 6.58. The lowest BCUT2D eigenvalue weighted by Crippen LogP contribution is -2.37. The zero-order chi connectivity index (χ0) is 13.0. The van der Waals surface area contributed by atoms with E-state index in [-0.39, 0.29) is 6.04 Å². The summed E-state index contributed by atoms with van der Waals surface area (Å²) in [7, 11) is 0. The van der Waals surface area contributed by atoms with Gasteiger partial charge in [-0.05, 0) is 30.5 Å². The maximum Gasteiger partial charge on any atom is 0.0642 e. The lowest BCUT2D eigenvalue weighted by atomic mass is 10.0. The van der Waals surface area contributed by atoms with Gasteiger partial charge < -0.3 is 15.4 Å². The van der Waals surface area contributed by atoms with Gasteiger partial charge in [0.15, 0.2) is 0 Å². The van der Waals surface area contributed by atoms with Crippen LogP contribution in [-0.4, -0.2) is 32.3 Å². The van der Waals surface area contributed by atoms with E-state index in [1.807, 2.05) is 12.1 Å². The van der Waals surface area contributed by atoms with Crippen molar-refractivity contribution in [1.29, 1.82) is 0 Å². The second-order valence-electron chi connectivity index (χ2n) is 4.71. The summed E-state index contributed by atoms with van der Waals surface area (Å²) >= 11 is 6.34. The van der Waals surface area contributed by atoms with E-state index >= 15 is 0 Å². The summed E-state index contributed by atoms with van der Waals surface area (Å²) in [6.45, 7) is 5.52. The molecule has 2 rings (SSSR count). The fraction of sp³-hybridized carbons (Fsp3) is 0.571. The van der Waals surface area contributed by atoms with Crippen LogP contribution in [0.2, 0.25) is 5.02 Å². The molecule has 0 radical (unpaired) electrons. The van der Waals surface area contributed by atoms with Gasteiger partial charge in [0.25, 0.3) is 0 Å². The molecule has 4 heteroatoms.